The number of pyridine rings is 1. The number of amides is 1. The van der Waals surface area contributed by atoms with Crippen LogP contribution in [-0.4, -0.2) is 32.5 Å². The molecule has 0 aliphatic rings. The Labute approximate surface area is 141 Å². The van der Waals surface area contributed by atoms with Crippen LogP contribution >= 0.6 is 0 Å². The lowest BCUT2D eigenvalue weighted by Crippen LogP contribution is -2.27. The molecule has 1 aromatic carbocycles. The van der Waals surface area contributed by atoms with Gasteiger partial charge < -0.3 is 10.1 Å². The number of benzene rings is 1. The topological polar surface area (TPSA) is 97.4 Å². The summed E-state index contributed by atoms with van der Waals surface area (Å²) in [5, 5.41) is 2.64. The minimum absolute atomic E-state index is 0.00666. The van der Waals surface area contributed by atoms with Crippen molar-refractivity contribution in [3.63, 3.8) is 0 Å². The fourth-order valence-corrected chi connectivity index (χ4v) is 3.01. The van der Waals surface area contributed by atoms with Crippen LogP contribution in [0.2, 0.25) is 0 Å². The van der Waals surface area contributed by atoms with Crippen molar-refractivity contribution in [2.45, 2.75) is 18.2 Å². The van der Waals surface area contributed by atoms with Crippen LogP contribution in [0, 0.1) is 0 Å². The molecule has 0 atom stereocenters. The van der Waals surface area contributed by atoms with Gasteiger partial charge in [-0.1, -0.05) is 6.07 Å². The number of rotatable bonds is 8. The first-order chi connectivity index (χ1) is 11.5. The van der Waals surface area contributed by atoms with Crippen molar-refractivity contribution < 1.29 is 17.9 Å². The van der Waals surface area contributed by atoms with Gasteiger partial charge in [-0.25, -0.2) is 13.1 Å². The van der Waals surface area contributed by atoms with Crippen LogP contribution in [-0.2, 0) is 14.8 Å². The number of carbonyl (C=O) groups is 1. The number of carbonyl (C=O) groups excluding carboxylic acids is 1. The molecule has 2 N–H and O–H groups in total. The number of sulfonamides is 1. The van der Waals surface area contributed by atoms with E-state index in [2.05, 4.69) is 15.0 Å². The molecule has 0 aliphatic carbocycles. The second-order valence-corrected chi connectivity index (χ2v) is 6.61. The van der Waals surface area contributed by atoms with Gasteiger partial charge in [-0.05, 0) is 31.2 Å². The molecule has 0 radical (unpaired) electrons. The van der Waals surface area contributed by atoms with Crippen molar-refractivity contribution in [3.8, 4) is 5.75 Å². The Bertz CT molecular complexity index is 779. The van der Waals surface area contributed by atoms with Gasteiger partial charge in [0.05, 0.1) is 23.4 Å². The molecule has 2 rings (SSSR count). The van der Waals surface area contributed by atoms with E-state index in [1.807, 2.05) is 6.92 Å². The zero-order valence-electron chi connectivity index (χ0n) is 13.2. The second kappa shape index (κ2) is 8.42. The van der Waals surface area contributed by atoms with Crippen molar-refractivity contribution >= 4 is 21.6 Å². The van der Waals surface area contributed by atoms with E-state index < -0.39 is 10.0 Å². The molecule has 0 saturated carbocycles. The zero-order valence-corrected chi connectivity index (χ0v) is 14.0. The number of hydrogen-bond acceptors (Lipinski definition) is 5. The highest BCUT2D eigenvalue weighted by atomic mass is 32.2. The summed E-state index contributed by atoms with van der Waals surface area (Å²) in [6.07, 6.45) is 3.13. The van der Waals surface area contributed by atoms with Gasteiger partial charge in [0, 0.05) is 25.2 Å². The molecule has 0 unspecified atom stereocenters. The minimum atomic E-state index is -3.69. The van der Waals surface area contributed by atoms with E-state index in [0.717, 1.165) is 0 Å². The SMILES string of the molecule is CCOc1cccc(S(=O)(=O)NCCC(=O)Nc2cccnc2)c1. The van der Waals surface area contributed by atoms with E-state index in [1.54, 1.807) is 30.5 Å². The van der Waals surface area contributed by atoms with Gasteiger partial charge in [0.1, 0.15) is 5.75 Å². The van der Waals surface area contributed by atoms with Crippen LogP contribution in [0.5, 0.6) is 5.75 Å². The molecule has 8 heteroatoms. The first-order valence-corrected chi connectivity index (χ1v) is 8.92. The zero-order chi connectivity index (χ0) is 17.4. The summed E-state index contributed by atoms with van der Waals surface area (Å²) in [5.74, 6) is 0.184. The summed E-state index contributed by atoms with van der Waals surface area (Å²) in [6, 6.07) is 9.61. The number of ether oxygens (including phenoxy) is 1. The minimum Gasteiger partial charge on any atom is -0.494 e. The molecule has 1 heterocycles. The first kappa shape index (κ1) is 17.9. The summed E-state index contributed by atoms with van der Waals surface area (Å²) in [7, 11) is -3.69. The molecule has 0 bridgehead atoms. The number of aromatic nitrogens is 1. The summed E-state index contributed by atoms with van der Waals surface area (Å²) in [4.78, 5) is 15.8. The van der Waals surface area contributed by atoms with Crippen molar-refractivity contribution in [2.75, 3.05) is 18.5 Å². The molecule has 24 heavy (non-hydrogen) atoms. The molecule has 1 aromatic heterocycles. The van der Waals surface area contributed by atoms with Crippen LogP contribution in [0.25, 0.3) is 0 Å². The lowest BCUT2D eigenvalue weighted by atomic mass is 10.3. The highest BCUT2D eigenvalue weighted by molar-refractivity contribution is 7.89. The van der Waals surface area contributed by atoms with E-state index in [-0.39, 0.29) is 23.8 Å². The maximum Gasteiger partial charge on any atom is 0.240 e. The van der Waals surface area contributed by atoms with E-state index in [1.165, 1.54) is 18.3 Å². The molecule has 0 aliphatic heterocycles. The monoisotopic (exact) mass is 349 g/mol. The number of hydrogen-bond donors (Lipinski definition) is 2. The summed E-state index contributed by atoms with van der Waals surface area (Å²) in [5.41, 5.74) is 0.565. The number of nitrogens with zero attached hydrogens (tertiary/aromatic N) is 1. The smallest absolute Gasteiger partial charge is 0.240 e. The maximum absolute atomic E-state index is 12.2. The predicted molar refractivity (Wildman–Crippen MR) is 90.3 cm³/mol. The average molecular weight is 349 g/mol. The largest absolute Gasteiger partial charge is 0.494 e. The van der Waals surface area contributed by atoms with Crippen molar-refractivity contribution in [2.24, 2.45) is 0 Å². The van der Waals surface area contributed by atoms with Crippen molar-refractivity contribution in [1.82, 2.24) is 9.71 Å². The van der Waals surface area contributed by atoms with E-state index in [0.29, 0.717) is 18.0 Å². The lowest BCUT2D eigenvalue weighted by molar-refractivity contribution is -0.116. The normalized spacial score (nSPS) is 11.0. The summed E-state index contributed by atoms with van der Waals surface area (Å²) < 4.78 is 32.1. The standard InChI is InChI=1S/C16H19N3O4S/c1-2-23-14-6-3-7-15(11-14)24(21,22)18-10-8-16(20)19-13-5-4-9-17-12-13/h3-7,9,11-12,18H,2,8,10H2,1H3,(H,19,20). The summed E-state index contributed by atoms with van der Waals surface area (Å²) >= 11 is 0. The van der Waals surface area contributed by atoms with Gasteiger partial charge in [-0.3, -0.25) is 9.78 Å². The van der Waals surface area contributed by atoms with Gasteiger partial charge >= 0.3 is 0 Å². The Balaban J connectivity index is 1.88. The molecule has 2 aromatic rings. The predicted octanol–water partition coefficient (Wildman–Crippen LogP) is 1.79. The van der Waals surface area contributed by atoms with Crippen LogP contribution in [0.1, 0.15) is 13.3 Å². The Morgan fingerprint density at radius 1 is 1.25 bits per heavy atom. The van der Waals surface area contributed by atoms with Gasteiger partial charge in [-0.2, -0.15) is 0 Å². The Morgan fingerprint density at radius 3 is 2.79 bits per heavy atom. The third-order valence-corrected chi connectivity index (χ3v) is 4.47. The number of nitrogens with one attached hydrogen (secondary N) is 2. The molecule has 0 saturated heterocycles. The molecule has 0 fully saturated rings. The lowest BCUT2D eigenvalue weighted by Gasteiger charge is -2.09. The van der Waals surface area contributed by atoms with Crippen LogP contribution < -0.4 is 14.8 Å². The second-order valence-electron chi connectivity index (χ2n) is 4.85. The first-order valence-electron chi connectivity index (χ1n) is 7.43. The van der Waals surface area contributed by atoms with Gasteiger partial charge in [0.25, 0.3) is 0 Å². The van der Waals surface area contributed by atoms with E-state index >= 15 is 0 Å². The molecule has 0 spiro atoms. The Morgan fingerprint density at radius 2 is 2.08 bits per heavy atom. The summed E-state index contributed by atoms with van der Waals surface area (Å²) in [6.45, 7) is 2.26. The Kier molecular flexibility index (Phi) is 6.28. The molecule has 128 valence electrons. The highest BCUT2D eigenvalue weighted by Gasteiger charge is 2.15. The quantitative estimate of drug-likeness (QED) is 0.757. The van der Waals surface area contributed by atoms with E-state index in [9.17, 15) is 13.2 Å². The van der Waals surface area contributed by atoms with Gasteiger partial charge in [0.15, 0.2) is 0 Å². The van der Waals surface area contributed by atoms with E-state index in [4.69, 9.17) is 4.74 Å². The molecule has 7 nitrogen and oxygen atoms in total. The fraction of sp³-hybridized carbons (Fsp3) is 0.250. The van der Waals surface area contributed by atoms with Crippen molar-refractivity contribution in [1.29, 1.82) is 0 Å². The molecular formula is C16H19N3O4S. The molecular weight excluding hydrogens is 330 g/mol. The fourth-order valence-electron chi connectivity index (χ4n) is 1.94. The third kappa shape index (κ3) is 5.32. The van der Waals surface area contributed by atoms with Crippen LogP contribution in [0.15, 0.2) is 53.7 Å². The van der Waals surface area contributed by atoms with Gasteiger partial charge in [-0.15, -0.1) is 0 Å². The third-order valence-electron chi connectivity index (χ3n) is 3.02. The van der Waals surface area contributed by atoms with Crippen LogP contribution in [0.3, 0.4) is 0 Å². The van der Waals surface area contributed by atoms with Crippen LogP contribution in [0.4, 0.5) is 5.69 Å². The Hall–Kier alpha value is -2.45. The van der Waals surface area contributed by atoms with Crippen molar-refractivity contribution in [3.05, 3.63) is 48.8 Å². The maximum atomic E-state index is 12.2. The highest BCUT2D eigenvalue weighted by Crippen LogP contribution is 2.17. The average Bonchev–Trinajstić information content (AvgIpc) is 2.56. The molecule has 1 amide bonds. The number of anilines is 1. The van der Waals surface area contributed by atoms with Gasteiger partial charge in [0.2, 0.25) is 15.9 Å².